The van der Waals surface area contributed by atoms with Crippen LogP contribution in [0.2, 0.25) is 0 Å². The van der Waals surface area contributed by atoms with Crippen LogP contribution in [0.3, 0.4) is 0 Å². The minimum atomic E-state index is -0.126. The molecule has 0 spiro atoms. The molecule has 3 atom stereocenters. The highest BCUT2D eigenvalue weighted by molar-refractivity contribution is 5.87. The number of carbonyl (C=O) groups excluding carboxylic acids is 1. The lowest BCUT2D eigenvalue weighted by molar-refractivity contribution is -0.123. The molecule has 4 heteroatoms. The van der Waals surface area contributed by atoms with E-state index < -0.39 is 0 Å². The number of fused-ring (bicyclic) bond motifs is 1. The largest absolute Gasteiger partial charge is 0.351 e. The molecule has 3 rings (SSSR count). The molecule has 1 fully saturated rings. The summed E-state index contributed by atoms with van der Waals surface area (Å²) in [5.41, 5.74) is 1.08. The van der Waals surface area contributed by atoms with E-state index in [2.05, 4.69) is 47.9 Å². The number of hydrogen-bond acceptors (Lipinski definition) is 2. The van der Waals surface area contributed by atoms with Gasteiger partial charge in [0.05, 0.1) is 5.92 Å². The van der Waals surface area contributed by atoms with Crippen LogP contribution in [-0.4, -0.2) is 24.5 Å². The van der Waals surface area contributed by atoms with Gasteiger partial charge < -0.3 is 10.6 Å². The second kappa shape index (κ2) is 7.80. The SMILES string of the molecule is CC(C(=O)NC1CCCNC1C)c1ccc2ccccc2c1.Cl. The third kappa shape index (κ3) is 4.04. The maximum atomic E-state index is 12.6. The Hall–Kier alpha value is -1.58. The van der Waals surface area contributed by atoms with Crippen molar-refractivity contribution in [2.75, 3.05) is 6.54 Å². The van der Waals surface area contributed by atoms with E-state index in [-0.39, 0.29) is 30.3 Å². The van der Waals surface area contributed by atoms with Crippen molar-refractivity contribution < 1.29 is 4.79 Å². The quantitative estimate of drug-likeness (QED) is 0.901. The highest BCUT2D eigenvalue weighted by atomic mass is 35.5. The molecule has 3 unspecified atom stereocenters. The van der Waals surface area contributed by atoms with Crippen molar-refractivity contribution in [1.29, 1.82) is 0 Å². The molecule has 0 saturated carbocycles. The highest BCUT2D eigenvalue weighted by Crippen LogP contribution is 2.22. The van der Waals surface area contributed by atoms with Crippen LogP contribution < -0.4 is 10.6 Å². The van der Waals surface area contributed by atoms with E-state index in [4.69, 9.17) is 0 Å². The van der Waals surface area contributed by atoms with E-state index in [1.807, 2.05) is 19.1 Å². The zero-order chi connectivity index (χ0) is 15.5. The maximum absolute atomic E-state index is 12.6. The highest BCUT2D eigenvalue weighted by Gasteiger charge is 2.25. The van der Waals surface area contributed by atoms with Crippen molar-refractivity contribution in [3.8, 4) is 0 Å². The Morgan fingerprint density at radius 2 is 1.96 bits per heavy atom. The van der Waals surface area contributed by atoms with Gasteiger partial charge in [-0.15, -0.1) is 12.4 Å². The second-order valence-electron chi connectivity index (χ2n) is 6.33. The molecule has 0 radical (unpaired) electrons. The number of amides is 1. The molecule has 1 aliphatic heterocycles. The monoisotopic (exact) mass is 332 g/mol. The Kier molecular flexibility index (Phi) is 6.03. The summed E-state index contributed by atoms with van der Waals surface area (Å²) in [6.07, 6.45) is 2.18. The minimum absolute atomic E-state index is 0. The predicted molar refractivity (Wildman–Crippen MR) is 98.2 cm³/mol. The summed E-state index contributed by atoms with van der Waals surface area (Å²) in [5, 5.41) is 9.04. The molecule has 124 valence electrons. The van der Waals surface area contributed by atoms with E-state index in [1.54, 1.807) is 0 Å². The van der Waals surface area contributed by atoms with Crippen molar-refractivity contribution in [2.45, 2.75) is 44.7 Å². The number of halogens is 1. The number of benzene rings is 2. The lowest BCUT2D eigenvalue weighted by Crippen LogP contribution is -2.52. The fourth-order valence-electron chi connectivity index (χ4n) is 3.18. The van der Waals surface area contributed by atoms with Gasteiger partial charge in [0.2, 0.25) is 5.91 Å². The molecule has 3 nitrogen and oxygen atoms in total. The summed E-state index contributed by atoms with van der Waals surface area (Å²) in [6, 6.07) is 15.1. The van der Waals surface area contributed by atoms with Gasteiger partial charge in [0, 0.05) is 12.1 Å². The van der Waals surface area contributed by atoms with Gasteiger partial charge in [-0.3, -0.25) is 4.79 Å². The Bertz CT molecular complexity index is 673. The molecule has 0 bridgehead atoms. The van der Waals surface area contributed by atoms with E-state index in [9.17, 15) is 4.79 Å². The van der Waals surface area contributed by atoms with Crippen LogP contribution in [0.1, 0.15) is 38.2 Å². The van der Waals surface area contributed by atoms with Crippen LogP contribution in [0.4, 0.5) is 0 Å². The summed E-state index contributed by atoms with van der Waals surface area (Å²) in [7, 11) is 0. The summed E-state index contributed by atoms with van der Waals surface area (Å²) in [4.78, 5) is 12.6. The van der Waals surface area contributed by atoms with Gasteiger partial charge in [-0.05, 0) is 49.6 Å². The number of carbonyl (C=O) groups is 1. The van der Waals surface area contributed by atoms with Crippen molar-refractivity contribution in [1.82, 2.24) is 10.6 Å². The Balaban J connectivity index is 0.00000192. The number of nitrogens with one attached hydrogen (secondary N) is 2. The predicted octanol–water partition coefficient (Wildman–Crippen LogP) is 3.62. The van der Waals surface area contributed by atoms with Gasteiger partial charge in [0.15, 0.2) is 0 Å². The smallest absolute Gasteiger partial charge is 0.227 e. The Morgan fingerprint density at radius 3 is 2.70 bits per heavy atom. The van der Waals surface area contributed by atoms with Crippen LogP contribution in [0, 0.1) is 0 Å². The molecule has 0 aliphatic carbocycles. The first-order valence-electron chi connectivity index (χ1n) is 8.17. The van der Waals surface area contributed by atoms with Crippen molar-refractivity contribution in [3.63, 3.8) is 0 Å². The van der Waals surface area contributed by atoms with E-state index >= 15 is 0 Å². The first kappa shape index (κ1) is 17.8. The summed E-state index contributed by atoms with van der Waals surface area (Å²) < 4.78 is 0. The first-order chi connectivity index (χ1) is 10.6. The molecule has 2 aromatic carbocycles. The average Bonchev–Trinajstić information content (AvgIpc) is 2.55. The Labute approximate surface area is 144 Å². The molecular weight excluding hydrogens is 308 g/mol. The maximum Gasteiger partial charge on any atom is 0.227 e. The fourth-order valence-corrected chi connectivity index (χ4v) is 3.18. The van der Waals surface area contributed by atoms with Crippen LogP contribution in [-0.2, 0) is 4.79 Å². The summed E-state index contributed by atoms with van der Waals surface area (Å²) in [5.74, 6) is -0.00503. The fraction of sp³-hybridized carbons (Fsp3) is 0.421. The third-order valence-corrected chi connectivity index (χ3v) is 4.76. The van der Waals surface area contributed by atoms with Crippen LogP contribution in [0.5, 0.6) is 0 Å². The molecule has 2 N–H and O–H groups in total. The molecule has 2 aromatic rings. The summed E-state index contributed by atoms with van der Waals surface area (Å²) >= 11 is 0. The van der Waals surface area contributed by atoms with Crippen LogP contribution >= 0.6 is 12.4 Å². The normalized spacial score (nSPS) is 22.2. The van der Waals surface area contributed by atoms with E-state index in [0.717, 1.165) is 24.9 Å². The zero-order valence-corrected chi connectivity index (χ0v) is 14.5. The minimum Gasteiger partial charge on any atom is -0.351 e. The molecule has 1 aliphatic rings. The second-order valence-corrected chi connectivity index (χ2v) is 6.33. The van der Waals surface area contributed by atoms with Crippen LogP contribution in [0.25, 0.3) is 10.8 Å². The molecule has 1 saturated heterocycles. The van der Waals surface area contributed by atoms with Crippen LogP contribution in [0.15, 0.2) is 42.5 Å². The lowest BCUT2D eigenvalue weighted by atomic mass is 9.95. The molecule has 23 heavy (non-hydrogen) atoms. The number of rotatable bonds is 3. The van der Waals surface area contributed by atoms with Crippen molar-refractivity contribution in [3.05, 3.63) is 48.0 Å². The number of hydrogen-bond donors (Lipinski definition) is 2. The molecular formula is C19H25ClN2O. The van der Waals surface area contributed by atoms with Crippen molar-refractivity contribution >= 4 is 29.1 Å². The molecule has 1 heterocycles. The van der Waals surface area contributed by atoms with E-state index in [1.165, 1.54) is 10.8 Å². The first-order valence-corrected chi connectivity index (χ1v) is 8.17. The van der Waals surface area contributed by atoms with Gasteiger partial charge in [-0.25, -0.2) is 0 Å². The molecule has 1 amide bonds. The van der Waals surface area contributed by atoms with Gasteiger partial charge in [-0.1, -0.05) is 42.5 Å². The number of piperidine rings is 1. The van der Waals surface area contributed by atoms with Gasteiger partial charge in [0.1, 0.15) is 0 Å². The van der Waals surface area contributed by atoms with Crippen molar-refractivity contribution in [2.24, 2.45) is 0 Å². The van der Waals surface area contributed by atoms with E-state index in [0.29, 0.717) is 6.04 Å². The summed E-state index contributed by atoms with van der Waals surface area (Å²) in [6.45, 7) is 5.18. The third-order valence-electron chi connectivity index (χ3n) is 4.76. The van der Waals surface area contributed by atoms with Gasteiger partial charge in [0.25, 0.3) is 0 Å². The van der Waals surface area contributed by atoms with Gasteiger partial charge in [-0.2, -0.15) is 0 Å². The zero-order valence-electron chi connectivity index (χ0n) is 13.7. The average molecular weight is 333 g/mol. The topological polar surface area (TPSA) is 41.1 Å². The lowest BCUT2D eigenvalue weighted by Gasteiger charge is -2.31. The Morgan fingerprint density at radius 1 is 1.22 bits per heavy atom. The standard InChI is InChI=1S/C19H24N2O.ClH/c1-13(19(22)21-18-8-5-11-20-14(18)2)16-10-9-15-6-3-4-7-17(15)12-16;/h3-4,6-7,9-10,12-14,18,20H,5,8,11H2,1-2H3,(H,21,22);1H. The molecule has 0 aromatic heterocycles. The van der Waals surface area contributed by atoms with Gasteiger partial charge >= 0.3 is 0 Å².